The zero-order valence-corrected chi connectivity index (χ0v) is 16.0. The van der Waals surface area contributed by atoms with Crippen molar-refractivity contribution < 1.29 is 22.0 Å². The van der Waals surface area contributed by atoms with Gasteiger partial charge in [0.1, 0.15) is 5.82 Å². The van der Waals surface area contributed by atoms with Gasteiger partial charge < -0.3 is 4.42 Å². The topological polar surface area (TPSA) is 84.7 Å². The first-order chi connectivity index (χ1) is 13.3. The second-order valence-corrected chi connectivity index (χ2v) is 8.73. The average Bonchev–Trinajstić information content (AvgIpc) is 3.02. The number of fused-ring (bicyclic) bond motifs is 3. The molecule has 3 aromatic carbocycles. The summed E-state index contributed by atoms with van der Waals surface area (Å²) in [5.74, 6) is -1.34. The lowest BCUT2D eigenvalue weighted by molar-refractivity contribution is -0.115. The van der Waals surface area contributed by atoms with Gasteiger partial charge in [0.15, 0.2) is 5.58 Å². The van der Waals surface area contributed by atoms with Gasteiger partial charge in [0.25, 0.3) is 10.0 Å². The highest BCUT2D eigenvalue weighted by molar-refractivity contribution is 7.93. The Morgan fingerprint density at radius 2 is 1.71 bits per heavy atom. The number of anilines is 1. The Kier molecular flexibility index (Phi) is 4.28. The van der Waals surface area contributed by atoms with Gasteiger partial charge in [-0.05, 0) is 30.3 Å². The zero-order valence-electron chi connectivity index (χ0n) is 14.4. The minimum Gasteiger partial charge on any atom is -0.413 e. The van der Waals surface area contributed by atoms with E-state index in [2.05, 4.69) is 0 Å². The second-order valence-electron chi connectivity index (χ2n) is 5.97. The molecule has 0 atom stereocenters. The molecule has 6 nitrogen and oxygen atoms in total. The molecule has 0 aliphatic rings. The number of hydrogen-bond acceptors (Lipinski definition) is 6. The molecule has 9 heteroatoms. The van der Waals surface area contributed by atoms with Crippen molar-refractivity contribution in [3.05, 3.63) is 70.1 Å². The van der Waals surface area contributed by atoms with Crippen LogP contribution in [0.5, 0.6) is 0 Å². The fourth-order valence-electron chi connectivity index (χ4n) is 3.03. The summed E-state index contributed by atoms with van der Waals surface area (Å²) in [6, 6.07) is 12.4. The van der Waals surface area contributed by atoms with Crippen LogP contribution < -0.4 is 9.24 Å². The van der Waals surface area contributed by atoms with Crippen LogP contribution in [0.3, 0.4) is 0 Å². The van der Waals surface area contributed by atoms with E-state index in [9.17, 15) is 22.4 Å². The van der Waals surface area contributed by atoms with Gasteiger partial charge in [0.05, 0.1) is 15.3 Å². The van der Waals surface area contributed by atoms with Gasteiger partial charge in [-0.1, -0.05) is 35.6 Å². The molecule has 142 valence electrons. The molecule has 0 spiro atoms. The standard InChI is InChI=1S/C19H12FNO5S2/c1-11(22)21(28(24,25)13-8-6-12(20)7-9-13)16-10-17-18(26-19(23)27-17)15-5-3-2-4-14(15)16/h2-10H,1H3. The van der Waals surface area contributed by atoms with E-state index >= 15 is 0 Å². The van der Waals surface area contributed by atoms with E-state index in [1.807, 2.05) is 0 Å². The molecule has 1 amide bonds. The quantitative estimate of drug-likeness (QED) is 0.505. The summed E-state index contributed by atoms with van der Waals surface area (Å²) in [5.41, 5.74) is 0.425. The van der Waals surface area contributed by atoms with Crippen molar-refractivity contribution >= 4 is 54.0 Å². The van der Waals surface area contributed by atoms with Crippen LogP contribution in [0.1, 0.15) is 6.92 Å². The molecule has 0 aliphatic carbocycles. The molecule has 0 saturated carbocycles. The number of nitrogens with zero attached hydrogens (tertiary/aromatic N) is 1. The Bertz CT molecular complexity index is 1390. The number of benzene rings is 3. The van der Waals surface area contributed by atoms with E-state index in [0.29, 0.717) is 25.4 Å². The number of carbonyl (C=O) groups excluding carboxylic acids is 1. The molecule has 0 saturated heterocycles. The van der Waals surface area contributed by atoms with Crippen molar-refractivity contribution in [1.82, 2.24) is 0 Å². The minimum absolute atomic E-state index is 0.0944. The molecular formula is C19H12FNO5S2. The maximum absolute atomic E-state index is 13.2. The Morgan fingerprint density at radius 1 is 1.07 bits per heavy atom. The van der Waals surface area contributed by atoms with Gasteiger partial charge in [-0.3, -0.25) is 4.79 Å². The normalized spacial score (nSPS) is 11.8. The number of sulfonamides is 1. The molecule has 0 N–H and O–H groups in total. The number of amides is 1. The fourth-order valence-corrected chi connectivity index (χ4v) is 5.19. The zero-order chi connectivity index (χ0) is 20.1. The van der Waals surface area contributed by atoms with E-state index in [1.165, 1.54) is 6.07 Å². The van der Waals surface area contributed by atoms with Crippen molar-refractivity contribution in [2.75, 3.05) is 4.31 Å². The summed E-state index contributed by atoms with van der Waals surface area (Å²) in [6.45, 7) is 1.12. The van der Waals surface area contributed by atoms with Gasteiger partial charge in [-0.2, -0.15) is 0 Å². The van der Waals surface area contributed by atoms with Crippen LogP contribution in [0.15, 0.2) is 68.7 Å². The summed E-state index contributed by atoms with van der Waals surface area (Å²) in [7, 11) is -4.31. The summed E-state index contributed by atoms with van der Waals surface area (Å²) >= 11 is 0.814. The van der Waals surface area contributed by atoms with Crippen molar-refractivity contribution in [2.45, 2.75) is 11.8 Å². The lowest BCUT2D eigenvalue weighted by Crippen LogP contribution is -2.35. The predicted octanol–water partition coefficient (Wildman–Crippen LogP) is 3.89. The third kappa shape index (κ3) is 2.88. The van der Waals surface area contributed by atoms with Gasteiger partial charge in [-0.15, -0.1) is 0 Å². The van der Waals surface area contributed by atoms with E-state index in [1.54, 1.807) is 24.3 Å². The highest BCUT2D eigenvalue weighted by atomic mass is 32.2. The molecule has 0 bridgehead atoms. The molecule has 0 unspecified atom stereocenters. The van der Waals surface area contributed by atoms with Gasteiger partial charge in [0, 0.05) is 17.7 Å². The fraction of sp³-hybridized carbons (Fsp3) is 0.0526. The first-order valence-electron chi connectivity index (χ1n) is 8.06. The molecule has 28 heavy (non-hydrogen) atoms. The maximum atomic E-state index is 13.2. The van der Waals surface area contributed by atoms with Crippen LogP contribution in [-0.2, 0) is 14.8 Å². The van der Waals surface area contributed by atoms with Gasteiger partial charge >= 0.3 is 4.94 Å². The van der Waals surface area contributed by atoms with Crippen LogP contribution >= 0.6 is 11.3 Å². The average molecular weight is 417 g/mol. The lowest BCUT2D eigenvalue weighted by Gasteiger charge is -2.22. The maximum Gasteiger partial charge on any atom is 0.396 e. The van der Waals surface area contributed by atoms with Crippen LogP contribution in [0, 0.1) is 5.82 Å². The smallest absolute Gasteiger partial charge is 0.396 e. The highest BCUT2D eigenvalue weighted by Crippen LogP contribution is 2.37. The summed E-state index contributed by atoms with van der Waals surface area (Å²) < 4.78 is 45.9. The number of hydrogen-bond donors (Lipinski definition) is 0. The molecule has 4 rings (SSSR count). The Balaban J connectivity index is 2.05. The van der Waals surface area contributed by atoms with Crippen LogP contribution in [-0.4, -0.2) is 14.3 Å². The van der Waals surface area contributed by atoms with Crippen molar-refractivity contribution in [1.29, 1.82) is 0 Å². The van der Waals surface area contributed by atoms with Crippen molar-refractivity contribution in [3.63, 3.8) is 0 Å². The molecule has 4 aromatic rings. The number of carbonyl (C=O) groups is 1. The second kappa shape index (κ2) is 6.54. The third-order valence-electron chi connectivity index (χ3n) is 4.17. The predicted molar refractivity (Wildman–Crippen MR) is 105 cm³/mol. The Morgan fingerprint density at radius 3 is 2.36 bits per heavy atom. The first-order valence-corrected chi connectivity index (χ1v) is 10.3. The van der Waals surface area contributed by atoms with Gasteiger partial charge in [-0.25, -0.2) is 21.9 Å². The van der Waals surface area contributed by atoms with E-state index in [0.717, 1.165) is 42.5 Å². The summed E-state index contributed by atoms with van der Waals surface area (Å²) in [5, 5.41) is 0.936. The highest BCUT2D eigenvalue weighted by Gasteiger charge is 2.31. The SMILES string of the molecule is CC(=O)N(c1cc2sc(=O)oc2c2ccccc12)S(=O)(=O)c1ccc(F)cc1. The monoisotopic (exact) mass is 417 g/mol. The molecular weight excluding hydrogens is 405 g/mol. The number of halogens is 1. The third-order valence-corrected chi connectivity index (χ3v) is 6.75. The largest absolute Gasteiger partial charge is 0.413 e. The van der Waals surface area contributed by atoms with Gasteiger partial charge in [0.2, 0.25) is 5.91 Å². The van der Waals surface area contributed by atoms with Crippen LogP contribution in [0.4, 0.5) is 10.1 Å². The minimum atomic E-state index is -4.31. The van der Waals surface area contributed by atoms with E-state index in [4.69, 9.17) is 4.42 Å². The molecule has 1 aromatic heterocycles. The molecule has 1 heterocycles. The Hall–Kier alpha value is -3.04. The van der Waals surface area contributed by atoms with E-state index in [-0.39, 0.29) is 10.6 Å². The van der Waals surface area contributed by atoms with E-state index < -0.39 is 26.7 Å². The number of rotatable bonds is 3. The Labute approximate surface area is 162 Å². The first kappa shape index (κ1) is 18.3. The molecule has 0 radical (unpaired) electrons. The molecule has 0 aliphatic heterocycles. The molecule has 0 fully saturated rings. The van der Waals surface area contributed by atoms with Crippen molar-refractivity contribution in [2.24, 2.45) is 0 Å². The van der Waals surface area contributed by atoms with Crippen LogP contribution in [0.25, 0.3) is 21.1 Å². The summed E-state index contributed by atoms with van der Waals surface area (Å²) in [4.78, 5) is 23.4. The van der Waals surface area contributed by atoms with Crippen LogP contribution in [0.2, 0.25) is 0 Å². The summed E-state index contributed by atoms with van der Waals surface area (Å²) in [6.07, 6.45) is 0. The van der Waals surface area contributed by atoms with Crippen molar-refractivity contribution in [3.8, 4) is 0 Å². The lowest BCUT2D eigenvalue weighted by atomic mass is 10.1.